The summed E-state index contributed by atoms with van der Waals surface area (Å²) >= 11 is 0. The molecule has 42 heavy (non-hydrogen) atoms. The summed E-state index contributed by atoms with van der Waals surface area (Å²) in [6.45, 7) is 8.67. The van der Waals surface area contributed by atoms with Crippen molar-refractivity contribution < 1.29 is 25.8 Å². The molecule has 1 N–H and O–H groups in total. The second-order valence-corrected chi connectivity index (χ2v) is 11.9. The second kappa shape index (κ2) is 24.6. The topological polar surface area (TPSA) is 23.8 Å². The third kappa shape index (κ3) is 17.3. The summed E-state index contributed by atoms with van der Waals surface area (Å²) in [4.78, 5) is 0. The molecular formula is C39H55HfNSi-3. The summed E-state index contributed by atoms with van der Waals surface area (Å²) in [7, 11) is 1.90. The first-order chi connectivity index (χ1) is 19.4. The molecule has 1 fully saturated rings. The van der Waals surface area contributed by atoms with Gasteiger partial charge in [-0.1, -0.05) is 187 Å². The van der Waals surface area contributed by atoms with Crippen molar-refractivity contribution in [3.63, 3.8) is 0 Å². The van der Waals surface area contributed by atoms with Gasteiger partial charge in [0.15, 0.2) is 0 Å². The molecule has 2 aliphatic carbocycles. The fraction of sp³-hybridized carbons (Fsp3) is 0.410. The molecule has 3 aromatic carbocycles. The van der Waals surface area contributed by atoms with Crippen LogP contribution in [0.25, 0.3) is 16.9 Å². The maximum atomic E-state index is 7.75. The van der Waals surface area contributed by atoms with Crippen LogP contribution in [0.2, 0.25) is 0 Å². The molecule has 1 radical (unpaired) electrons. The molecule has 0 bridgehead atoms. The summed E-state index contributed by atoms with van der Waals surface area (Å²) in [5.74, 6) is 0.560. The smallest absolute Gasteiger partial charge is 0.0477 e. The fourth-order valence-electron chi connectivity index (χ4n) is 4.89. The Morgan fingerprint density at radius 3 is 1.24 bits per heavy atom. The first-order valence-corrected chi connectivity index (χ1v) is 16.1. The van der Waals surface area contributed by atoms with Crippen molar-refractivity contribution in [3.05, 3.63) is 127 Å². The first kappa shape index (κ1) is 40.2. The number of allylic oxidation sites excluding steroid dienone is 4. The van der Waals surface area contributed by atoms with Crippen molar-refractivity contribution in [3.8, 4) is 11.1 Å². The molecule has 5 rings (SSSR count). The molecule has 2 aliphatic rings. The number of hydrogen-bond donors (Lipinski definition) is 0. The predicted molar refractivity (Wildman–Crippen MR) is 187 cm³/mol. The van der Waals surface area contributed by atoms with Gasteiger partial charge in [-0.05, 0) is 11.1 Å². The molecule has 1 atom stereocenters. The van der Waals surface area contributed by atoms with E-state index in [0.717, 1.165) is 12.8 Å². The van der Waals surface area contributed by atoms with E-state index in [-0.39, 0.29) is 39.3 Å². The van der Waals surface area contributed by atoms with Crippen LogP contribution in [0.3, 0.4) is 0 Å². The summed E-state index contributed by atoms with van der Waals surface area (Å²) in [6, 6.07) is 31.3. The standard InChI is InChI=1S/C12H10.C11H22N.C9H13.C6H7Si.CH3.Hf/c1-3-7-11(8-4-1)12-9-5-2-6-10-12;12-11-9-7-5-3-1-2-4-6-8-10-11;1-6-5-7(2)9(4)8(6)3;7-6-4-2-1-3-5-6;;/h1-10H;11-12H,1-10H2;6H,1-4H3;1-5H,7H2;1H3;/q;2*-1;;-1;. The van der Waals surface area contributed by atoms with Crippen molar-refractivity contribution in [2.75, 3.05) is 0 Å². The molecule has 1 unspecified atom stereocenters. The Balaban J connectivity index is 0.000000535. The summed E-state index contributed by atoms with van der Waals surface area (Å²) < 4.78 is 0. The molecule has 0 saturated heterocycles. The van der Waals surface area contributed by atoms with E-state index in [1.54, 1.807) is 0 Å². The molecule has 0 spiro atoms. The van der Waals surface area contributed by atoms with Crippen LogP contribution in [0.1, 0.15) is 91.9 Å². The maximum absolute atomic E-state index is 7.75. The third-order valence-electron chi connectivity index (χ3n) is 7.82. The van der Waals surface area contributed by atoms with Crippen LogP contribution in [0.4, 0.5) is 0 Å². The van der Waals surface area contributed by atoms with Gasteiger partial charge in [-0.3, -0.25) is 6.08 Å². The van der Waals surface area contributed by atoms with E-state index in [9.17, 15) is 0 Å². The minimum Gasteiger partial charge on any atom is -0.675 e. The predicted octanol–water partition coefficient (Wildman–Crippen LogP) is 10.8. The maximum Gasteiger partial charge on any atom is 0.0477 e. The Morgan fingerprint density at radius 2 is 0.976 bits per heavy atom. The number of rotatable bonds is 1. The minimum atomic E-state index is 0. The minimum absolute atomic E-state index is 0. The van der Waals surface area contributed by atoms with E-state index < -0.39 is 0 Å². The Hall–Kier alpha value is -1.81. The zero-order valence-electron chi connectivity index (χ0n) is 27.1. The van der Waals surface area contributed by atoms with Crippen LogP contribution in [0, 0.1) is 19.4 Å². The Kier molecular flexibility index (Phi) is 23.5. The van der Waals surface area contributed by atoms with Crippen molar-refractivity contribution >= 4 is 15.4 Å². The van der Waals surface area contributed by atoms with E-state index >= 15 is 0 Å². The number of hydrogen-bond acceptors (Lipinski definition) is 0. The molecule has 0 heterocycles. The summed E-state index contributed by atoms with van der Waals surface area (Å²) in [5.41, 5.74) is 14.5. The fourth-order valence-corrected chi connectivity index (χ4v) is 5.16. The molecule has 3 heteroatoms. The van der Waals surface area contributed by atoms with Gasteiger partial charge in [0, 0.05) is 36.1 Å². The van der Waals surface area contributed by atoms with Gasteiger partial charge in [0.25, 0.3) is 0 Å². The van der Waals surface area contributed by atoms with Gasteiger partial charge in [-0.15, -0.1) is 13.0 Å². The van der Waals surface area contributed by atoms with Crippen LogP contribution in [0.15, 0.2) is 108 Å². The van der Waals surface area contributed by atoms with Crippen molar-refractivity contribution in [2.45, 2.75) is 97.9 Å². The van der Waals surface area contributed by atoms with Crippen molar-refractivity contribution in [2.24, 2.45) is 5.92 Å². The SMILES string of the molecule is CC1=[C-]C(C)C(C)=C1C.[CH3-].[Hf].[NH-]C1CCCCCCCCCC1.[SiH2]c1ccccc1.c1ccc(-c2ccccc2)cc1. The molecule has 0 aromatic heterocycles. The molecule has 1 saturated carbocycles. The van der Waals surface area contributed by atoms with Crippen LogP contribution >= 0.6 is 0 Å². The largest absolute Gasteiger partial charge is 0.675 e. The molecular weight excluding hydrogens is 689 g/mol. The van der Waals surface area contributed by atoms with Crippen LogP contribution in [-0.4, -0.2) is 16.3 Å². The number of nitrogens with one attached hydrogen (secondary N) is 1. The summed E-state index contributed by atoms with van der Waals surface area (Å²) in [6.07, 6.45) is 16.7. The van der Waals surface area contributed by atoms with Gasteiger partial charge in [-0.2, -0.15) is 11.1 Å². The Labute approximate surface area is 281 Å². The van der Waals surface area contributed by atoms with Gasteiger partial charge < -0.3 is 13.2 Å². The van der Waals surface area contributed by atoms with Gasteiger partial charge in [0.05, 0.1) is 0 Å². The van der Waals surface area contributed by atoms with Crippen LogP contribution in [0.5, 0.6) is 0 Å². The summed E-state index contributed by atoms with van der Waals surface area (Å²) in [5, 5.41) is 1.35. The van der Waals surface area contributed by atoms with Crippen molar-refractivity contribution in [1.29, 1.82) is 0 Å². The van der Waals surface area contributed by atoms with Crippen LogP contribution in [-0.2, 0) is 25.8 Å². The third-order valence-corrected chi connectivity index (χ3v) is 8.29. The zero-order valence-corrected chi connectivity index (χ0v) is 32.1. The van der Waals surface area contributed by atoms with E-state index in [4.69, 9.17) is 5.73 Å². The van der Waals surface area contributed by atoms with Gasteiger partial charge in [0.1, 0.15) is 0 Å². The molecule has 0 aliphatic heterocycles. The number of benzene rings is 3. The quantitative estimate of drug-likeness (QED) is 0.175. The van der Waals surface area contributed by atoms with Gasteiger partial charge >= 0.3 is 0 Å². The van der Waals surface area contributed by atoms with E-state index in [0.29, 0.717) is 5.92 Å². The molecule has 227 valence electrons. The second-order valence-electron chi connectivity index (χ2n) is 11.1. The monoisotopic (exact) mass is 745 g/mol. The first-order valence-electron chi connectivity index (χ1n) is 15.3. The normalized spacial score (nSPS) is 17.1. The van der Waals surface area contributed by atoms with Crippen molar-refractivity contribution in [1.82, 2.24) is 0 Å². The van der Waals surface area contributed by atoms with E-state index in [1.807, 2.05) is 40.6 Å². The van der Waals surface area contributed by atoms with E-state index in [1.165, 1.54) is 84.4 Å². The van der Waals surface area contributed by atoms with Crippen LogP contribution < -0.4 is 5.19 Å². The Morgan fingerprint density at radius 1 is 0.619 bits per heavy atom. The average molecular weight is 744 g/mol. The molecule has 3 aromatic rings. The Bertz CT molecular complexity index is 1060. The van der Waals surface area contributed by atoms with Gasteiger partial charge in [0.2, 0.25) is 0 Å². The molecule has 0 amide bonds. The average Bonchev–Trinajstić information content (AvgIpc) is 3.18. The molecule has 1 nitrogen and oxygen atoms in total. The van der Waals surface area contributed by atoms with E-state index in [2.05, 4.69) is 94.4 Å². The zero-order chi connectivity index (χ0) is 29.0. The van der Waals surface area contributed by atoms with Gasteiger partial charge in [-0.25, -0.2) is 5.57 Å².